The van der Waals surface area contributed by atoms with Crippen LogP contribution in [-0.2, 0) is 0 Å². The molecule has 1 aliphatic rings. The molecule has 1 aliphatic heterocycles. The van der Waals surface area contributed by atoms with E-state index in [1.807, 2.05) is 0 Å². The molecule has 0 spiro atoms. The zero-order valence-electron chi connectivity index (χ0n) is 11.4. The first kappa shape index (κ1) is 13.3. The van der Waals surface area contributed by atoms with Gasteiger partial charge in [0.1, 0.15) is 0 Å². The normalized spacial score (nSPS) is 19.3. The van der Waals surface area contributed by atoms with Crippen LogP contribution in [0.15, 0.2) is 36.9 Å². The van der Waals surface area contributed by atoms with Gasteiger partial charge in [0.2, 0.25) is 0 Å². The van der Waals surface area contributed by atoms with E-state index in [0.717, 1.165) is 19.6 Å². The molecule has 1 unspecified atom stereocenters. The molecule has 18 heavy (non-hydrogen) atoms. The van der Waals surface area contributed by atoms with E-state index in [2.05, 4.69) is 54.1 Å². The van der Waals surface area contributed by atoms with E-state index in [-0.39, 0.29) is 0 Å². The van der Waals surface area contributed by atoms with Gasteiger partial charge in [0.05, 0.1) is 0 Å². The van der Waals surface area contributed by atoms with Crippen LogP contribution in [0.1, 0.15) is 25.3 Å². The molecule has 1 heterocycles. The van der Waals surface area contributed by atoms with Crippen LogP contribution in [0.4, 0.5) is 0 Å². The van der Waals surface area contributed by atoms with Crippen LogP contribution in [0.5, 0.6) is 0 Å². The summed E-state index contributed by atoms with van der Waals surface area (Å²) in [6.07, 6.45) is 2.64. The van der Waals surface area contributed by atoms with E-state index in [4.69, 9.17) is 0 Å². The van der Waals surface area contributed by atoms with Gasteiger partial charge in [-0.15, -0.1) is 0 Å². The molecule has 0 radical (unpaired) electrons. The second-order valence-corrected chi connectivity index (χ2v) is 5.09. The van der Waals surface area contributed by atoms with Gasteiger partial charge in [-0.3, -0.25) is 4.90 Å². The Morgan fingerprint density at radius 3 is 2.78 bits per heavy atom. The van der Waals surface area contributed by atoms with Crippen molar-refractivity contribution in [1.82, 2.24) is 10.2 Å². The summed E-state index contributed by atoms with van der Waals surface area (Å²) in [7, 11) is 0. The van der Waals surface area contributed by atoms with Gasteiger partial charge < -0.3 is 5.32 Å². The molecule has 0 amide bonds. The van der Waals surface area contributed by atoms with Crippen LogP contribution in [0, 0.1) is 0 Å². The lowest BCUT2D eigenvalue weighted by Gasteiger charge is -2.25. The zero-order valence-corrected chi connectivity index (χ0v) is 11.4. The van der Waals surface area contributed by atoms with E-state index < -0.39 is 0 Å². The van der Waals surface area contributed by atoms with Crippen molar-refractivity contribution in [3.8, 4) is 0 Å². The van der Waals surface area contributed by atoms with Crippen molar-refractivity contribution in [3.63, 3.8) is 0 Å². The molecule has 1 N–H and O–H groups in total. The Hall–Kier alpha value is -1.12. The van der Waals surface area contributed by atoms with Crippen LogP contribution in [-0.4, -0.2) is 37.1 Å². The highest BCUT2D eigenvalue weighted by molar-refractivity contribution is 5.64. The van der Waals surface area contributed by atoms with Gasteiger partial charge in [0, 0.05) is 19.1 Å². The van der Waals surface area contributed by atoms with Gasteiger partial charge in [-0.25, -0.2) is 0 Å². The van der Waals surface area contributed by atoms with Gasteiger partial charge in [-0.1, -0.05) is 43.8 Å². The zero-order chi connectivity index (χ0) is 12.8. The van der Waals surface area contributed by atoms with Gasteiger partial charge >= 0.3 is 0 Å². The van der Waals surface area contributed by atoms with Crippen molar-refractivity contribution in [2.45, 2.75) is 25.8 Å². The topological polar surface area (TPSA) is 15.3 Å². The molecule has 0 aromatic heterocycles. The first-order valence-corrected chi connectivity index (χ1v) is 6.98. The summed E-state index contributed by atoms with van der Waals surface area (Å²) in [6.45, 7) is 10.8. The standard InChI is InChI=1S/C16H24N2/c1-3-18(13-16-10-7-11-17-16)12-14(2)15-8-5-4-6-9-15/h4-6,8-9,16-17H,2-3,7,10-13H2,1H3. The maximum absolute atomic E-state index is 4.23. The lowest BCUT2D eigenvalue weighted by atomic mass is 10.1. The summed E-state index contributed by atoms with van der Waals surface area (Å²) >= 11 is 0. The van der Waals surface area contributed by atoms with Gasteiger partial charge in [0.25, 0.3) is 0 Å². The van der Waals surface area contributed by atoms with Crippen LogP contribution in [0.25, 0.3) is 5.57 Å². The van der Waals surface area contributed by atoms with Crippen molar-refractivity contribution < 1.29 is 0 Å². The first-order valence-electron chi connectivity index (χ1n) is 6.98. The predicted octanol–water partition coefficient (Wildman–Crippen LogP) is 2.77. The molecule has 2 nitrogen and oxygen atoms in total. The highest BCUT2D eigenvalue weighted by Crippen LogP contribution is 2.14. The van der Waals surface area contributed by atoms with Crippen LogP contribution >= 0.6 is 0 Å². The first-order chi connectivity index (χ1) is 8.79. The molecule has 1 atom stereocenters. The summed E-state index contributed by atoms with van der Waals surface area (Å²) in [5, 5.41) is 3.56. The Morgan fingerprint density at radius 2 is 2.17 bits per heavy atom. The van der Waals surface area contributed by atoms with E-state index in [0.29, 0.717) is 6.04 Å². The smallest absolute Gasteiger partial charge is 0.0234 e. The second-order valence-electron chi connectivity index (χ2n) is 5.09. The highest BCUT2D eigenvalue weighted by atomic mass is 15.1. The molecular weight excluding hydrogens is 220 g/mol. The Kier molecular flexibility index (Phi) is 4.97. The largest absolute Gasteiger partial charge is 0.313 e. The maximum atomic E-state index is 4.23. The third-order valence-corrected chi connectivity index (χ3v) is 3.68. The minimum Gasteiger partial charge on any atom is -0.313 e. The van der Waals surface area contributed by atoms with Crippen LogP contribution < -0.4 is 5.32 Å². The van der Waals surface area contributed by atoms with Gasteiger partial charge in [-0.2, -0.15) is 0 Å². The monoisotopic (exact) mass is 244 g/mol. The number of likely N-dealkylation sites (N-methyl/N-ethyl adjacent to an activating group) is 1. The fourth-order valence-electron chi connectivity index (χ4n) is 2.56. The molecule has 1 aromatic carbocycles. The number of benzene rings is 1. The third kappa shape index (κ3) is 3.69. The quantitative estimate of drug-likeness (QED) is 0.828. The molecule has 1 aromatic rings. The fraction of sp³-hybridized carbons (Fsp3) is 0.500. The van der Waals surface area contributed by atoms with Crippen molar-refractivity contribution in [2.24, 2.45) is 0 Å². The molecule has 98 valence electrons. The van der Waals surface area contributed by atoms with E-state index in [1.165, 1.54) is 30.5 Å². The summed E-state index contributed by atoms with van der Waals surface area (Å²) < 4.78 is 0. The lowest BCUT2D eigenvalue weighted by molar-refractivity contribution is 0.291. The minimum absolute atomic E-state index is 0.675. The summed E-state index contributed by atoms with van der Waals surface area (Å²) in [5.74, 6) is 0. The summed E-state index contributed by atoms with van der Waals surface area (Å²) in [5.41, 5.74) is 2.48. The number of hydrogen-bond donors (Lipinski definition) is 1. The molecule has 1 fully saturated rings. The summed E-state index contributed by atoms with van der Waals surface area (Å²) in [6, 6.07) is 11.2. The Bertz CT molecular complexity index is 366. The Labute approximate surface area is 111 Å². The predicted molar refractivity (Wildman–Crippen MR) is 78.6 cm³/mol. The Morgan fingerprint density at radius 1 is 1.39 bits per heavy atom. The average Bonchev–Trinajstić information content (AvgIpc) is 2.91. The SMILES string of the molecule is C=C(CN(CC)CC1CCCN1)c1ccccc1. The van der Waals surface area contributed by atoms with Crippen LogP contribution in [0.2, 0.25) is 0 Å². The number of nitrogens with zero attached hydrogens (tertiary/aromatic N) is 1. The van der Waals surface area contributed by atoms with Gasteiger partial charge in [-0.05, 0) is 37.1 Å². The number of nitrogens with one attached hydrogen (secondary N) is 1. The second kappa shape index (κ2) is 6.72. The maximum Gasteiger partial charge on any atom is 0.0234 e. The Balaban J connectivity index is 1.87. The summed E-state index contributed by atoms with van der Waals surface area (Å²) in [4.78, 5) is 2.48. The molecule has 2 rings (SSSR count). The van der Waals surface area contributed by atoms with Crippen molar-refractivity contribution >= 4 is 5.57 Å². The molecule has 0 saturated carbocycles. The third-order valence-electron chi connectivity index (χ3n) is 3.68. The fourth-order valence-corrected chi connectivity index (χ4v) is 2.56. The minimum atomic E-state index is 0.675. The molecule has 1 saturated heterocycles. The van der Waals surface area contributed by atoms with Crippen molar-refractivity contribution in [3.05, 3.63) is 42.5 Å². The van der Waals surface area contributed by atoms with Crippen molar-refractivity contribution in [2.75, 3.05) is 26.2 Å². The average molecular weight is 244 g/mol. The van der Waals surface area contributed by atoms with Gasteiger partial charge in [0.15, 0.2) is 0 Å². The number of rotatable bonds is 6. The highest BCUT2D eigenvalue weighted by Gasteiger charge is 2.17. The molecule has 0 bridgehead atoms. The number of hydrogen-bond acceptors (Lipinski definition) is 2. The van der Waals surface area contributed by atoms with E-state index in [1.54, 1.807) is 0 Å². The van der Waals surface area contributed by atoms with Crippen LogP contribution in [0.3, 0.4) is 0 Å². The molecular formula is C16H24N2. The lowest BCUT2D eigenvalue weighted by Crippen LogP contribution is -2.38. The molecule has 0 aliphatic carbocycles. The van der Waals surface area contributed by atoms with E-state index >= 15 is 0 Å². The molecule has 2 heteroatoms. The van der Waals surface area contributed by atoms with Crippen molar-refractivity contribution in [1.29, 1.82) is 0 Å². The van der Waals surface area contributed by atoms with E-state index in [9.17, 15) is 0 Å².